The third kappa shape index (κ3) is 2.77. The van der Waals surface area contributed by atoms with Crippen LogP contribution in [0, 0.1) is 0 Å². The van der Waals surface area contributed by atoms with Gasteiger partial charge in [0.2, 0.25) is 6.10 Å². The van der Waals surface area contributed by atoms with Crippen LogP contribution in [0.2, 0.25) is 0 Å². The molecule has 0 bridgehead atoms. The lowest BCUT2D eigenvalue weighted by molar-refractivity contribution is -0.125. The molecule has 0 saturated heterocycles. The molecule has 1 aliphatic rings. The van der Waals surface area contributed by atoms with Crippen molar-refractivity contribution in [3.8, 4) is 11.5 Å². The van der Waals surface area contributed by atoms with Crippen LogP contribution in [-0.2, 0) is 4.79 Å². The molecule has 4 nitrogen and oxygen atoms in total. The summed E-state index contributed by atoms with van der Waals surface area (Å²) in [7, 11) is 0. The zero-order chi connectivity index (χ0) is 13.9. The third-order valence-electron chi connectivity index (χ3n) is 2.89. The summed E-state index contributed by atoms with van der Waals surface area (Å²) in [6.45, 7) is 0.205. The van der Waals surface area contributed by atoms with Crippen LogP contribution in [-0.4, -0.2) is 18.6 Å². The van der Waals surface area contributed by atoms with Gasteiger partial charge in [0.1, 0.15) is 6.61 Å². The number of carbonyl (C=O) groups is 1. The van der Waals surface area contributed by atoms with Gasteiger partial charge in [-0.1, -0.05) is 34.1 Å². The molecule has 2 aromatic rings. The van der Waals surface area contributed by atoms with Crippen LogP contribution in [0.3, 0.4) is 0 Å². The van der Waals surface area contributed by atoms with Crippen molar-refractivity contribution in [3.05, 3.63) is 53.0 Å². The Morgan fingerprint density at radius 2 is 1.95 bits per heavy atom. The van der Waals surface area contributed by atoms with Gasteiger partial charge < -0.3 is 14.8 Å². The van der Waals surface area contributed by atoms with E-state index in [1.165, 1.54) is 0 Å². The summed E-state index contributed by atoms with van der Waals surface area (Å²) in [4.78, 5) is 12.2. The van der Waals surface area contributed by atoms with Gasteiger partial charge >= 0.3 is 0 Å². The summed E-state index contributed by atoms with van der Waals surface area (Å²) in [5.41, 5.74) is 0.715. The second kappa shape index (κ2) is 5.54. The normalized spacial score (nSPS) is 16.6. The average Bonchev–Trinajstić information content (AvgIpc) is 2.47. The summed E-state index contributed by atoms with van der Waals surface area (Å²) in [5.74, 6) is 1.03. The van der Waals surface area contributed by atoms with Crippen molar-refractivity contribution in [2.24, 2.45) is 0 Å². The third-order valence-corrected chi connectivity index (χ3v) is 3.39. The molecule has 102 valence electrons. The van der Waals surface area contributed by atoms with E-state index in [1.54, 1.807) is 6.07 Å². The van der Waals surface area contributed by atoms with E-state index in [1.807, 2.05) is 42.5 Å². The fourth-order valence-electron chi connectivity index (χ4n) is 1.94. The molecule has 0 saturated carbocycles. The molecule has 2 aromatic carbocycles. The Kier molecular flexibility index (Phi) is 3.60. The van der Waals surface area contributed by atoms with Crippen molar-refractivity contribution < 1.29 is 14.3 Å². The molecule has 1 heterocycles. The zero-order valence-electron chi connectivity index (χ0n) is 10.5. The van der Waals surface area contributed by atoms with Crippen LogP contribution in [0.5, 0.6) is 11.5 Å². The first-order chi connectivity index (χ1) is 9.72. The minimum atomic E-state index is -0.649. The molecule has 20 heavy (non-hydrogen) atoms. The van der Waals surface area contributed by atoms with Crippen molar-refractivity contribution in [1.82, 2.24) is 0 Å². The lowest BCUT2D eigenvalue weighted by Crippen LogP contribution is -2.40. The van der Waals surface area contributed by atoms with Crippen molar-refractivity contribution >= 4 is 27.5 Å². The highest BCUT2D eigenvalue weighted by atomic mass is 79.9. The van der Waals surface area contributed by atoms with Crippen LogP contribution < -0.4 is 14.8 Å². The Morgan fingerprint density at radius 3 is 2.75 bits per heavy atom. The van der Waals surface area contributed by atoms with Gasteiger partial charge in [0.25, 0.3) is 5.91 Å². The van der Waals surface area contributed by atoms with Gasteiger partial charge in [0.15, 0.2) is 11.5 Å². The minimum absolute atomic E-state index is 0.205. The summed E-state index contributed by atoms with van der Waals surface area (Å²) >= 11 is 3.36. The Bertz CT molecular complexity index is 645. The first-order valence-corrected chi connectivity index (χ1v) is 6.96. The minimum Gasteiger partial charge on any atom is -0.485 e. The Balaban J connectivity index is 1.70. The van der Waals surface area contributed by atoms with E-state index in [-0.39, 0.29) is 12.5 Å². The maximum absolute atomic E-state index is 12.2. The fourth-order valence-corrected chi connectivity index (χ4v) is 2.34. The van der Waals surface area contributed by atoms with Gasteiger partial charge in [-0.25, -0.2) is 0 Å². The molecule has 0 aromatic heterocycles. The van der Waals surface area contributed by atoms with Crippen LogP contribution in [0.1, 0.15) is 0 Å². The monoisotopic (exact) mass is 333 g/mol. The van der Waals surface area contributed by atoms with Crippen LogP contribution in [0.15, 0.2) is 53.0 Å². The van der Waals surface area contributed by atoms with Crippen LogP contribution >= 0.6 is 15.9 Å². The summed E-state index contributed by atoms with van der Waals surface area (Å²) in [5, 5.41) is 2.81. The molecule has 1 amide bonds. The molecular formula is C15H12BrNO3. The molecule has 0 aliphatic carbocycles. The second-order valence-corrected chi connectivity index (χ2v) is 5.28. The van der Waals surface area contributed by atoms with Gasteiger partial charge in [-0.2, -0.15) is 0 Å². The van der Waals surface area contributed by atoms with Crippen molar-refractivity contribution in [2.75, 3.05) is 11.9 Å². The number of hydrogen-bond donors (Lipinski definition) is 1. The number of halogens is 1. The van der Waals surface area contributed by atoms with E-state index in [9.17, 15) is 4.79 Å². The number of para-hydroxylation sites is 2. The predicted octanol–water partition coefficient (Wildman–Crippen LogP) is 3.23. The number of anilines is 1. The molecule has 0 radical (unpaired) electrons. The lowest BCUT2D eigenvalue weighted by atomic mass is 10.2. The maximum Gasteiger partial charge on any atom is 0.269 e. The number of nitrogens with one attached hydrogen (secondary N) is 1. The second-order valence-electron chi connectivity index (χ2n) is 4.36. The van der Waals surface area contributed by atoms with E-state index in [4.69, 9.17) is 9.47 Å². The van der Waals surface area contributed by atoms with Gasteiger partial charge in [0, 0.05) is 10.2 Å². The molecule has 1 atom stereocenters. The van der Waals surface area contributed by atoms with Crippen molar-refractivity contribution in [1.29, 1.82) is 0 Å². The molecular weight excluding hydrogens is 322 g/mol. The Morgan fingerprint density at radius 1 is 1.15 bits per heavy atom. The van der Waals surface area contributed by atoms with Gasteiger partial charge in [-0.05, 0) is 30.3 Å². The molecule has 0 unspecified atom stereocenters. The molecule has 1 N–H and O–H groups in total. The standard InChI is InChI=1S/C15H12BrNO3/c16-10-4-3-5-11(8-10)17-15(18)14-9-19-12-6-1-2-7-13(12)20-14/h1-8,14H,9H2,(H,17,18)/t14-/m0/s1. The summed E-state index contributed by atoms with van der Waals surface area (Å²) in [6, 6.07) is 14.7. The fraction of sp³-hybridized carbons (Fsp3) is 0.133. The van der Waals surface area contributed by atoms with Crippen molar-refractivity contribution in [2.45, 2.75) is 6.10 Å². The smallest absolute Gasteiger partial charge is 0.269 e. The van der Waals surface area contributed by atoms with Crippen molar-refractivity contribution in [3.63, 3.8) is 0 Å². The zero-order valence-corrected chi connectivity index (χ0v) is 12.1. The number of hydrogen-bond acceptors (Lipinski definition) is 3. The highest BCUT2D eigenvalue weighted by Gasteiger charge is 2.27. The quantitative estimate of drug-likeness (QED) is 0.917. The number of carbonyl (C=O) groups excluding carboxylic acids is 1. The topological polar surface area (TPSA) is 47.6 Å². The summed E-state index contributed by atoms with van der Waals surface area (Å²) < 4.78 is 12.1. The van der Waals surface area contributed by atoms with E-state index in [0.717, 1.165) is 4.47 Å². The molecule has 0 spiro atoms. The molecule has 0 fully saturated rings. The largest absolute Gasteiger partial charge is 0.485 e. The number of rotatable bonds is 2. The molecule has 1 aliphatic heterocycles. The van der Waals surface area contributed by atoms with Crippen LogP contribution in [0.4, 0.5) is 5.69 Å². The summed E-state index contributed by atoms with van der Waals surface area (Å²) in [6.07, 6.45) is -0.649. The highest BCUT2D eigenvalue weighted by Crippen LogP contribution is 2.31. The Hall–Kier alpha value is -2.01. The first-order valence-electron chi connectivity index (χ1n) is 6.17. The van der Waals surface area contributed by atoms with Gasteiger partial charge in [0.05, 0.1) is 0 Å². The predicted molar refractivity (Wildman–Crippen MR) is 79.1 cm³/mol. The van der Waals surface area contributed by atoms with E-state index in [0.29, 0.717) is 17.2 Å². The maximum atomic E-state index is 12.2. The average molecular weight is 334 g/mol. The van der Waals surface area contributed by atoms with E-state index < -0.39 is 6.10 Å². The molecule has 3 rings (SSSR count). The SMILES string of the molecule is O=C(Nc1cccc(Br)c1)[C@@H]1COc2ccccc2O1. The first kappa shape index (κ1) is 13.0. The van der Waals surface area contributed by atoms with Gasteiger partial charge in [-0.3, -0.25) is 4.79 Å². The lowest BCUT2D eigenvalue weighted by Gasteiger charge is -2.25. The molecule has 5 heteroatoms. The van der Waals surface area contributed by atoms with Gasteiger partial charge in [-0.15, -0.1) is 0 Å². The van der Waals surface area contributed by atoms with E-state index in [2.05, 4.69) is 21.2 Å². The highest BCUT2D eigenvalue weighted by molar-refractivity contribution is 9.10. The Labute approximate surface area is 124 Å². The number of amides is 1. The number of ether oxygens (including phenoxy) is 2. The number of fused-ring (bicyclic) bond motifs is 1. The van der Waals surface area contributed by atoms with E-state index >= 15 is 0 Å². The van der Waals surface area contributed by atoms with Crippen LogP contribution in [0.25, 0.3) is 0 Å². The number of benzene rings is 2.